The summed E-state index contributed by atoms with van der Waals surface area (Å²) in [5, 5.41) is 4.27. The molecule has 1 unspecified atom stereocenters. The fourth-order valence-electron chi connectivity index (χ4n) is 3.52. The van der Waals surface area contributed by atoms with Gasteiger partial charge in [-0.05, 0) is 35.7 Å². The Morgan fingerprint density at radius 1 is 1.08 bits per heavy atom. The highest BCUT2D eigenvalue weighted by atomic mass is 32.2. The van der Waals surface area contributed by atoms with Crippen LogP contribution in [0.25, 0.3) is 0 Å². The molecule has 26 heavy (non-hydrogen) atoms. The molecular weight excluding hydrogens is 346 g/mol. The van der Waals surface area contributed by atoms with E-state index in [0.717, 1.165) is 16.7 Å². The second-order valence-corrected chi connectivity index (χ2v) is 8.75. The highest BCUT2D eigenvalue weighted by molar-refractivity contribution is 7.89. The van der Waals surface area contributed by atoms with Crippen LogP contribution in [0.4, 0.5) is 0 Å². The molecule has 134 valence electrons. The minimum absolute atomic E-state index is 0.0196. The van der Waals surface area contributed by atoms with Crippen LogP contribution >= 0.6 is 0 Å². The van der Waals surface area contributed by atoms with Gasteiger partial charge < -0.3 is 0 Å². The summed E-state index contributed by atoms with van der Waals surface area (Å²) in [6, 6.07) is 15.1. The quantitative estimate of drug-likeness (QED) is 0.715. The van der Waals surface area contributed by atoms with Gasteiger partial charge in [0.1, 0.15) is 0 Å². The monoisotopic (exact) mass is 367 g/mol. The number of aromatic nitrogens is 2. The molecule has 0 aliphatic carbocycles. The van der Waals surface area contributed by atoms with Crippen molar-refractivity contribution in [2.75, 3.05) is 6.54 Å². The van der Waals surface area contributed by atoms with E-state index in [-0.39, 0.29) is 5.92 Å². The summed E-state index contributed by atoms with van der Waals surface area (Å²) in [7, 11) is -1.68. The van der Waals surface area contributed by atoms with Crippen LogP contribution in [0.15, 0.2) is 65.8 Å². The van der Waals surface area contributed by atoms with E-state index < -0.39 is 10.0 Å². The SMILES string of the molecule is Cc1ccc(S(=O)(=O)N2Cc3ccccc3C(c3cnn(C)c3)C2)cc1. The molecule has 2 heterocycles. The smallest absolute Gasteiger partial charge is 0.243 e. The summed E-state index contributed by atoms with van der Waals surface area (Å²) in [5.74, 6) is -0.0196. The molecule has 0 saturated heterocycles. The Balaban J connectivity index is 1.76. The predicted octanol–water partition coefficient (Wildman–Crippen LogP) is 3.06. The molecule has 0 fully saturated rings. The van der Waals surface area contributed by atoms with Crippen molar-refractivity contribution in [3.63, 3.8) is 0 Å². The average molecular weight is 367 g/mol. The van der Waals surface area contributed by atoms with Crippen LogP contribution in [0.2, 0.25) is 0 Å². The van der Waals surface area contributed by atoms with Crippen LogP contribution in [0.3, 0.4) is 0 Å². The third-order valence-electron chi connectivity index (χ3n) is 4.95. The van der Waals surface area contributed by atoms with Gasteiger partial charge in [-0.3, -0.25) is 4.68 Å². The maximum absolute atomic E-state index is 13.2. The zero-order valence-corrected chi connectivity index (χ0v) is 15.6. The van der Waals surface area contributed by atoms with E-state index in [9.17, 15) is 8.42 Å². The first-order chi connectivity index (χ1) is 12.4. The number of nitrogens with zero attached hydrogens (tertiary/aromatic N) is 3. The summed E-state index contributed by atoms with van der Waals surface area (Å²) >= 11 is 0. The van der Waals surface area contributed by atoms with Gasteiger partial charge in [-0.1, -0.05) is 42.0 Å². The molecule has 5 nitrogen and oxygen atoms in total. The first kappa shape index (κ1) is 17.0. The van der Waals surface area contributed by atoms with Crippen molar-refractivity contribution >= 4 is 10.0 Å². The van der Waals surface area contributed by atoms with Crippen molar-refractivity contribution in [1.29, 1.82) is 0 Å². The van der Waals surface area contributed by atoms with E-state index in [1.54, 1.807) is 21.1 Å². The minimum atomic E-state index is -3.55. The van der Waals surface area contributed by atoms with Gasteiger partial charge in [-0.25, -0.2) is 8.42 Å². The molecule has 3 aromatic rings. The number of aryl methyl sites for hydroxylation is 2. The topological polar surface area (TPSA) is 55.2 Å². The van der Waals surface area contributed by atoms with Gasteiger partial charge in [-0.15, -0.1) is 0 Å². The van der Waals surface area contributed by atoms with Gasteiger partial charge >= 0.3 is 0 Å². The lowest BCUT2D eigenvalue weighted by molar-refractivity contribution is 0.371. The Morgan fingerprint density at radius 3 is 2.50 bits per heavy atom. The fourth-order valence-corrected chi connectivity index (χ4v) is 4.95. The normalized spacial score (nSPS) is 17.8. The molecule has 1 aliphatic heterocycles. The van der Waals surface area contributed by atoms with Crippen molar-refractivity contribution < 1.29 is 8.42 Å². The Hall–Kier alpha value is -2.44. The number of rotatable bonds is 3. The first-order valence-corrected chi connectivity index (χ1v) is 10.0. The molecule has 0 spiro atoms. The zero-order valence-electron chi connectivity index (χ0n) is 14.8. The van der Waals surface area contributed by atoms with Crippen molar-refractivity contribution in [3.8, 4) is 0 Å². The van der Waals surface area contributed by atoms with Crippen molar-refractivity contribution in [3.05, 3.63) is 83.2 Å². The van der Waals surface area contributed by atoms with Crippen LogP contribution in [0, 0.1) is 6.92 Å². The second kappa shape index (κ2) is 6.37. The molecule has 4 rings (SSSR count). The zero-order chi connectivity index (χ0) is 18.3. The lowest BCUT2D eigenvalue weighted by Crippen LogP contribution is -2.38. The Labute approximate surface area is 153 Å². The Morgan fingerprint density at radius 2 is 1.81 bits per heavy atom. The van der Waals surface area contributed by atoms with Crippen LogP contribution in [0.5, 0.6) is 0 Å². The van der Waals surface area contributed by atoms with E-state index in [0.29, 0.717) is 18.0 Å². The molecule has 6 heteroatoms. The maximum atomic E-state index is 13.2. The molecule has 1 aromatic heterocycles. The third kappa shape index (κ3) is 2.95. The lowest BCUT2D eigenvalue weighted by Gasteiger charge is -2.33. The molecule has 0 bridgehead atoms. The van der Waals surface area contributed by atoms with Crippen LogP contribution in [-0.2, 0) is 23.6 Å². The standard InChI is InChI=1S/C20H21N3O2S/c1-15-7-9-18(10-8-15)26(24,25)23-13-16-5-3-4-6-19(16)20(14-23)17-11-21-22(2)12-17/h3-12,20H,13-14H2,1-2H3. The number of hydrogen-bond donors (Lipinski definition) is 0. The van der Waals surface area contributed by atoms with Gasteiger partial charge in [0.2, 0.25) is 10.0 Å². The first-order valence-electron chi connectivity index (χ1n) is 8.58. The minimum Gasteiger partial charge on any atom is -0.276 e. The Kier molecular flexibility index (Phi) is 4.17. The van der Waals surface area contributed by atoms with Gasteiger partial charge in [-0.2, -0.15) is 9.40 Å². The Bertz CT molecular complexity index is 1040. The number of benzene rings is 2. The van der Waals surface area contributed by atoms with Gasteiger partial charge in [0.25, 0.3) is 0 Å². The predicted molar refractivity (Wildman–Crippen MR) is 100 cm³/mol. The molecule has 0 N–H and O–H groups in total. The number of hydrogen-bond acceptors (Lipinski definition) is 3. The van der Waals surface area contributed by atoms with Gasteiger partial charge in [0.15, 0.2) is 0 Å². The van der Waals surface area contributed by atoms with Crippen LogP contribution in [-0.4, -0.2) is 29.0 Å². The lowest BCUT2D eigenvalue weighted by atomic mass is 9.87. The summed E-state index contributed by atoms with van der Waals surface area (Å²) < 4.78 is 29.7. The highest BCUT2D eigenvalue weighted by Gasteiger charge is 2.34. The van der Waals surface area contributed by atoms with Gasteiger partial charge in [0, 0.05) is 32.3 Å². The third-order valence-corrected chi connectivity index (χ3v) is 6.78. The summed E-state index contributed by atoms with van der Waals surface area (Å²) in [6.07, 6.45) is 3.78. The van der Waals surface area contributed by atoms with E-state index in [2.05, 4.69) is 11.2 Å². The van der Waals surface area contributed by atoms with Crippen LogP contribution in [0.1, 0.15) is 28.2 Å². The van der Waals surface area contributed by atoms with E-state index >= 15 is 0 Å². The number of sulfonamides is 1. The van der Waals surface area contributed by atoms with Crippen molar-refractivity contribution in [2.24, 2.45) is 7.05 Å². The fraction of sp³-hybridized carbons (Fsp3) is 0.250. The van der Waals surface area contributed by atoms with E-state index in [1.165, 1.54) is 5.56 Å². The molecule has 2 aromatic carbocycles. The van der Waals surface area contributed by atoms with Crippen LogP contribution < -0.4 is 0 Å². The maximum Gasteiger partial charge on any atom is 0.243 e. The van der Waals surface area contributed by atoms with Crippen molar-refractivity contribution in [2.45, 2.75) is 24.3 Å². The summed E-state index contributed by atoms with van der Waals surface area (Å²) in [5.41, 5.74) is 4.30. The molecule has 0 saturated carbocycles. The molecule has 1 atom stereocenters. The molecule has 1 aliphatic rings. The van der Waals surface area contributed by atoms with Crippen molar-refractivity contribution in [1.82, 2.24) is 14.1 Å². The van der Waals surface area contributed by atoms with E-state index in [1.807, 2.05) is 56.7 Å². The largest absolute Gasteiger partial charge is 0.276 e. The average Bonchev–Trinajstić information content (AvgIpc) is 3.07. The van der Waals surface area contributed by atoms with E-state index in [4.69, 9.17) is 0 Å². The highest BCUT2D eigenvalue weighted by Crippen LogP contribution is 2.35. The molecule has 0 radical (unpaired) electrons. The second-order valence-electron chi connectivity index (χ2n) is 6.81. The molecular formula is C20H21N3O2S. The van der Waals surface area contributed by atoms with Gasteiger partial charge in [0.05, 0.1) is 11.1 Å². The number of fused-ring (bicyclic) bond motifs is 1. The molecule has 0 amide bonds. The summed E-state index contributed by atoms with van der Waals surface area (Å²) in [6.45, 7) is 2.76. The summed E-state index contributed by atoms with van der Waals surface area (Å²) in [4.78, 5) is 0.340.